The molecule has 2 aliphatic heterocycles. The molecule has 2 amide bonds. The number of carboxylic acid groups (broad SMARTS) is 1. The molecule has 0 saturated carbocycles. The van der Waals surface area contributed by atoms with Crippen molar-refractivity contribution in [3.05, 3.63) is 29.8 Å². The highest BCUT2D eigenvalue weighted by molar-refractivity contribution is 5.90. The summed E-state index contributed by atoms with van der Waals surface area (Å²) < 4.78 is 37.7. The summed E-state index contributed by atoms with van der Waals surface area (Å²) in [5.41, 5.74) is -1.54. The summed E-state index contributed by atoms with van der Waals surface area (Å²) in [5, 5.41) is 12.1. The number of rotatable bonds is 2. The zero-order valence-corrected chi connectivity index (χ0v) is 13.5. The van der Waals surface area contributed by atoms with Crippen molar-refractivity contribution in [3.8, 4) is 0 Å². The molecule has 1 aromatic rings. The predicted octanol–water partition coefficient (Wildman–Crippen LogP) is 2.19. The molecule has 2 atom stereocenters. The maximum atomic E-state index is 12.6. The van der Waals surface area contributed by atoms with E-state index < -0.39 is 29.2 Å². The number of benzene rings is 1. The van der Waals surface area contributed by atoms with Crippen LogP contribution < -0.4 is 5.32 Å². The van der Waals surface area contributed by atoms with Crippen molar-refractivity contribution in [2.45, 2.75) is 6.18 Å². The number of amides is 2. The van der Waals surface area contributed by atoms with Crippen LogP contribution in [0.5, 0.6) is 0 Å². The van der Waals surface area contributed by atoms with Crippen LogP contribution in [0.3, 0.4) is 0 Å². The van der Waals surface area contributed by atoms with Gasteiger partial charge in [-0.15, -0.1) is 0 Å². The molecule has 25 heavy (non-hydrogen) atoms. The number of alkyl halides is 3. The number of urea groups is 1. The summed E-state index contributed by atoms with van der Waals surface area (Å²) in [7, 11) is 1.84. The fourth-order valence-electron chi connectivity index (χ4n) is 3.72. The van der Waals surface area contributed by atoms with Crippen molar-refractivity contribution in [1.29, 1.82) is 0 Å². The molecule has 9 heteroatoms. The molecular formula is C16H18F3N3O3. The van der Waals surface area contributed by atoms with Crippen LogP contribution in [-0.2, 0) is 11.0 Å². The smallest absolute Gasteiger partial charge is 0.416 e. The Morgan fingerprint density at radius 1 is 1.20 bits per heavy atom. The molecule has 0 aliphatic carbocycles. The van der Waals surface area contributed by atoms with E-state index in [1.54, 1.807) is 0 Å². The van der Waals surface area contributed by atoms with Crippen LogP contribution >= 0.6 is 0 Å². The quantitative estimate of drug-likeness (QED) is 0.851. The molecule has 0 unspecified atom stereocenters. The largest absolute Gasteiger partial charge is 0.481 e. The second-order valence-electron chi connectivity index (χ2n) is 6.74. The van der Waals surface area contributed by atoms with Crippen molar-refractivity contribution >= 4 is 17.7 Å². The third kappa shape index (κ3) is 3.15. The Kier molecular flexibility index (Phi) is 4.14. The van der Waals surface area contributed by atoms with Crippen molar-refractivity contribution in [1.82, 2.24) is 9.80 Å². The summed E-state index contributed by atoms with van der Waals surface area (Å²) in [6.45, 7) is 1.36. The zero-order chi connectivity index (χ0) is 18.4. The summed E-state index contributed by atoms with van der Waals surface area (Å²) >= 11 is 0. The van der Waals surface area contributed by atoms with Gasteiger partial charge in [0.15, 0.2) is 0 Å². The van der Waals surface area contributed by atoms with E-state index >= 15 is 0 Å². The first-order chi connectivity index (χ1) is 11.6. The normalized spacial score (nSPS) is 26.6. The van der Waals surface area contributed by atoms with Gasteiger partial charge in [-0.1, -0.05) is 0 Å². The van der Waals surface area contributed by atoms with Gasteiger partial charge in [-0.05, 0) is 31.3 Å². The second-order valence-corrected chi connectivity index (χ2v) is 6.74. The highest BCUT2D eigenvalue weighted by Crippen LogP contribution is 2.42. The molecule has 6 nitrogen and oxygen atoms in total. The van der Waals surface area contributed by atoms with E-state index in [2.05, 4.69) is 5.32 Å². The van der Waals surface area contributed by atoms with Gasteiger partial charge >= 0.3 is 18.2 Å². The first-order valence-electron chi connectivity index (χ1n) is 7.77. The van der Waals surface area contributed by atoms with Crippen LogP contribution in [0, 0.1) is 11.3 Å². The Balaban J connectivity index is 1.68. The minimum atomic E-state index is -4.44. The third-order valence-corrected chi connectivity index (χ3v) is 4.96. The number of nitrogens with zero attached hydrogens (tertiary/aromatic N) is 2. The first kappa shape index (κ1) is 17.5. The van der Waals surface area contributed by atoms with Gasteiger partial charge in [0.05, 0.1) is 5.56 Å². The first-order valence-corrected chi connectivity index (χ1v) is 7.77. The van der Waals surface area contributed by atoms with E-state index in [-0.39, 0.29) is 18.2 Å². The number of likely N-dealkylation sites (tertiary alicyclic amines) is 2. The Morgan fingerprint density at radius 2 is 1.84 bits per heavy atom. The molecule has 0 bridgehead atoms. The number of anilines is 1. The van der Waals surface area contributed by atoms with E-state index in [4.69, 9.17) is 0 Å². The molecule has 2 heterocycles. The number of aliphatic carboxylic acids is 1. The highest BCUT2D eigenvalue weighted by Gasteiger charge is 2.57. The molecule has 2 saturated heterocycles. The minimum absolute atomic E-state index is 0.0871. The third-order valence-electron chi connectivity index (χ3n) is 4.96. The number of carbonyl (C=O) groups is 2. The number of carbonyl (C=O) groups excluding carboxylic acids is 1. The lowest BCUT2D eigenvalue weighted by atomic mass is 9.81. The van der Waals surface area contributed by atoms with Gasteiger partial charge < -0.3 is 20.2 Å². The molecule has 2 N–H and O–H groups in total. The molecule has 0 spiro atoms. The average molecular weight is 357 g/mol. The maximum absolute atomic E-state index is 12.6. The Hall–Kier alpha value is -2.29. The molecule has 3 rings (SSSR count). The number of halogens is 3. The fourth-order valence-corrected chi connectivity index (χ4v) is 3.72. The van der Waals surface area contributed by atoms with E-state index in [0.29, 0.717) is 19.6 Å². The average Bonchev–Trinajstić information content (AvgIpc) is 3.00. The van der Waals surface area contributed by atoms with Gasteiger partial charge in [-0.2, -0.15) is 13.2 Å². The molecule has 2 aliphatic rings. The standard InChI is InChI=1S/C16H18F3N3O3/c1-21-6-11-7-22(9-15(11,8-21)13(23)24)14(25)20-12-4-2-10(3-5-12)16(17,18)19/h2-5,11H,6-9H2,1H3,(H,20,25)(H,23,24)/t11-,15-/m0/s1. The van der Waals surface area contributed by atoms with Crippen molar-refractivity contribution < 1.29 is 27.9 Å². The lowest BCUT2D eigenvalue weighted by Gasteiger charge is -2.24. The number of nitrogens with one attached hydrogen (secondary N) is 1. The maximum Gasteiger partial charge on any atom is 0.416 e. The van der Waals surface area contributed by atoms with Crippen molar-refractivity contribution in [3.63, 3.8) is 0 Å². The lowest BCUT2D eigenvalue weighted by molar-refractivity contribution is -0.148. The highest BCUT2D eigenvalue weighted by atomic mass is 19.4. The van der Waals surface area contributed by atoms with Crippen LogP contribution in [-0.4, -0.2) is 60.1 Å². The van der Waals surface area contributed by atoms with E-state index in [0.717, 1.165) is 12.1 Å². The number of hydrogen-bond donors (Lipinski definition) is 2. The van der Waals surface area contributed by atoms with Gasteiger partial charge in [0.25, 0.3) is 0 Å². The van der Waals surface area contributed by atoms with Gasteiger partial charge in [0, 0.05) is 37.8 Å². The second kappa shape index (κ2) is 5.91. The SMILES string of the molecule is CN1C[C@H]2CN(C(=O)Nc3ccc(C(F)(F)F)cc3)C[C@@]2(C(=O)O)C1. The van der Waals surface area contributed by atoms with Crippen LogP contribution in [0.4, 0.5) is 23.7 Å². The molecule has 136 valence electrons. The monoisotopic (exact) mass is 357 g/mol. The fraction of sp³-hybridized carbons (Fsp3) is 0.500. The van der Waals surface area contributed by atoms with E-state index in [9.17, 15) is 27.9 Å². The lowest BCUT2D eigenvalue weighted by Crippen LogP contribution is -2.42. The molecule has 0 aromatic heterocycles. The number of carboxylic acids is 1. The Bertz CT molecular complexity index is 692. The van der Waals surface area contributed by atoms with Gasteiger partial charge in [0.1, 0.15) is 5.41 Å². The van der Waals surface area contributed by atoms with E-state index in [1.807, 2.05) is 11.9 Å². The molecule has 1 aromatic carbocycles. The van der Waals surface area contributed by atoms with Crippen LogP contribution in [0.15, 0.2) is 24.3 Å². The Labute approximate surface area is 142 Å². The van der Waals surface area contributed by atoms with Gasteiger partial charge in [0.2, 0.25) is 0 Å². The van der Waals surface area contributed by atoms with Crippen LogP contribution in [0.1, 0.15) is 5.56 Å². The summed E-state index contributed by atoms with van der Waals surface area (Å²) in [6.07, 6.45) is -4.44. The van der Waals surface area contributed by atoms with Crippen molar-refractivity contribution in [2.75, 3.05) is 38.5 Å². The summed E-state index contributed by atoms with van der Waals surface area (Å²) in [4.78, 5) is 27.4. The topological polar surface area (TPSA) is 72.9 Å². The van der Waals surface area contributed by atoms with Crippen LogP contribution in [0.2, 0.25) is 0 Å². The zero-order valence-electron chi connectivity index (χ0n) is 13.5. The van der Waals surface area contributed by atoms with Gasteiger partial charge in [-0.3, -0.25) is 4.79 Å². The molecular weight excluding hydrogens is 339 g/mol. The number of hydrogen-bond acceptors (Lipinski definition) is 3. The summed E-state index contributed by atoms with van der Waals surface area (Å²) in [6, 6.07) is 3.64. The van der Waals surface area contributed by atoms with Crippen molar-refractivity contribution in [2.24, 2.45) is 11.3 Å². The predicted molar refractivity (Wildman–Crippen MR) is 83.1 cm³/mol. The van der Waals surface area contributed by atoms with E-state index in [1.165, 1.54) is 17.0 Å². The van der Waals surface area contributed by atoms with Crippen LogP contribution in [0.25, 0.3) is 0 Å². The number of fused-ring (bicyclic) bond motifs is 1. The molecule has 2 fully saturated rings. The molecule has 0 radical (unpaired) electrons. The Morgan fingerprint density at radius 3 is 2.36 bits per heavy atom. The summed E-state index contributed by atoms with van der Waals surface area (Å²) in [5.74, 6) is -1.08. The minimum Gasteiger partial charge on any atom is -0.481 e. The van der Waals surface area contributed by atoms with Gasteiger partial charge in [-0.25, -0.2) is 4.79 Å².